The van der Waals surface area contributed by atoms with Crippen LogP contribution in [0, 0.1) is 5.92 Å². The molecular weight excluding hydrogens is 446 g/mol. The molecule has 0 saturated heterocycles. The van der Waals surface area contributed by atoms with E-state index in [0.717, 1.165) is 24.1 Å². The molecule has 2 aliphatic carbocycles. The minimum absolute atomic E-state index is 0.0587. The molecule has 1 spiro atoms. The summed E-state index contributed by atoms with van der Waals surface area (Å²) in [5.41, 5.74) is 4.52. The van der Waals surface area contributed by atoms with E-state index in [-0.39, 0.29) is 11.1 Å². The molecule has 2 aromatic carbocycles. The Morgan fingerprint density at radius 1 is 1.06 bits per heavy atom. The number of fused-ring (bicyclic) bond motifs is 2. The minimum Gasteiger partial charge on any atom is -0.263 e. The SMILES string of the molecule is Cn1c(N2C[C@@]3(CCc4ccccc43)C(c3ccc(Cl)cc3)=N2)nn(CC2CCCCC2)c1=O. The Morgan fingerprint density at radius 2 is 1.82 bits per heavy atom. The maximum atomic E-state index is 13.1. The van der Waals surface area contributed by atoms with Crippen LogP contribution in [0.4, 0.5) is 5.95 Å². The highest BCUT2D eigenvalue weighted by atomic mass is 35.5. The molecule has 1 fully saturated rings. The lowest BCUT2D eigenvalue weighted by molar-refractivity contribution is 0.304. The first-order valence-corrected chi connectivity index (χ1v) is 12.8. The van der Waals surface area contributed by atoms with Crippen LogP contribution >= 0.6 is 11.6 Å². The van der Waals surface area contributed by atoms with Crippen molar-refractivity contribution in [2.75, 3.05) is 11.6 Å². The fourth-order valence-corrected chi connectivity index (χ4v) is 6.30. The van der Waals surface area contributed by atoms with Gasteiger partial charge in [0.05, 0.1) is 17.7 Å². The van der Waals surface area contributed by atoms with Crippen molar-refractivity contribution < 1.29 is 0 Å². The lowest BCUT2D eigenvalue weighted by Crippen LogP contribution is -2.37. The van der Waals surface area contributed by atoms with E-state index in [0.29, 0.717) is 30.0 Å². The van der Waals surface area contributed by atoms with E-state index >= 15 is 0 Å². The molecule has 34 heavy (non-hydrogen) atoms. The van der Waals surface area contributed by atoms with Gasteiger partial charge in [0.25, 0.3) is 0 Å². The molecule has 1 aromatic heterocycles. The number of anilines is 1. The Labute approximate surface area is 204 Å². The lowest BCUT2D eigenvalue weighted by Gasteiger charge is -2.27. The molecular formula is C27H30ClN5O. The summed E-state index contributed by atoms with van der Waals surface area (Å²) in [6, 6.07) is 16.6. The summed E-state index contributed by atoms with van der Waals surface area (Å²) < 4.78 is 3.32. The van der Waals surface area contributed by atoms with Crippen LogP contribution in [0.25, 0.3) is 0 Å². The second-order valence-electron chi connectivity index (χ2n) is 10.1. The maximum absolute atomic E-state index is 13.1. The van der Waals surface area contributed by atoms with Crippen LogP contribution in [0.15, 0.2) is 58.4 Å². The van der Waals surface area contributed by atoms with Gasteiger partial charge in [0.2, 0.25) is 5.95 Å². The highest BCUT2D eigenvalue weighted by molar-refractivity contribution is 6.30. The maximum Gasteiger partial charge on any atom is 0.347 e. The molecule has 0 unspecified atom stereocenters. The molecule has 0 radical (unpaired) electrons. The zero-order valence-corrected chi connectivity index (χ0v) is 20.3. The first-order chi connectivity index (χ1) is 16.5. The van der Waals surface area contributed by atoms with Crippen molar-refractivity contribution >= 4 is 23.3 Å². The number of halogens is 1. The lowest BCUT2D eigenvalue weighted by atomic mass is 9.75. The number of hydrogen-bond donors (Lipinski definition) is 0. The third-order valence-electron chi connectivity index (χ3n) is 7.97. The first-order valence-electron chi connectivity index (χ1n) is 12.4. The molecule has 6 nitrogen and oxygen atoms in total. The normalized spacial score (nSPS) is 22.4. The third kappa shape index (κ3) is 3.50. The summed E-state index contributed by atoms with van der Waals surface area (Å²) in [6.07, 6.45) is 8.18. The minimum atomic E-state index is -0.229. The van der Waals surface area contributed by atoms with Crippen LogP contribution in [-0.2, 0) is 25.4 Å². The van der Waals surface area contributed by atoms with Gasteiger partial charge in [0.15, 0.2) is 0 Å². The zero-order valence-electron chi connectivity index (χ0n) is 19.6. The monoisotopic (exact) mass is 475 g/mol. The van der Waals surface area contributed by atoms with Crippen LogP contribution < -0.4 is 10.7 Å². The first kappa shape index (κ1) is 21.7. The number of aryl methyl sites for hydroxylation is 1. The van der Waals surface area contributed by atoms with E-state index in [1.807, 2.05) is 36.3 Å². The standard InChI is InChI=1S/C27H30ClN5O/c1-31-25(30-32(26(31)34)17-19-7-3-2-4-8-19)33-18-27(16-15-20-9-5-6-10-23(20)27)24(29-33)21-11-13-22(28)14-12-21/h5-6,9-14,19H,2-4,7-8,15-18H2,1H3/t27-/m1/s1. The molecule has 176 valence electrons. The van der Waals surface area contributed by atoms with Crippen LogP contribution in [0.1, 0.15) is 55.2 Å². The van der Waals surface area contributed by atoms with Crippen molar-refractivity contribution in [1.29, 1.82) is 0 Å². The van der Waals surface area contributed by atoms with Gasteiger partial charge in [-0.25, -0.2) is 14.5 Å². The van der Waals surface area contributed by atoms with Crippen LogP contribution in [0.2, 0.25) is 5.02 Å². The highest BCUT2D eigenvalue weighted by Crippen LogP contribution is 2.46. The van der Waals surface area contributed by atoms with Crippen molar-refractivity contribution in [1.82, 2.24) is 14.3 Å². The van der Waals surface area contributed by atoms with Gasteiger partial charge in [-0.05, 0) is 60.4 Å². The van der Waals surface area contributed by atoms with Crippen LogP contribution in [0.3, 0.4) is 0 Å². The molecule has 6 rings (SSSR count). The Kier molecular flexibility index (Phi) is 5.36. The van der Waals surface area contributed by atoms with E-state index in [2.05, 4.69) is 24.3 Å². The van der Waals surface area contributed by atoms with Gasteiger partial charge in [-0.3, -0.25) is 4.57 Å². The van der Waals surface area contributed by atoms with Crippen molar-refractivity contribution in [3.05, 3.63) is 80.7 Å². The molecule has 2 heterocycles. The van der Waals surface area contributed by atoms with Gasteiger partial charge < -0.3 is 0 Å². The predicted molar refractivity (Wildman–Crippen MR) is 136 cm³/mol. The Bertz CT molecular complexity index is 1300. The van der Waals surface area contributed by atoms with Crippen molar-refractivity contribution in [2.24, 2.45) is 18.1 Å². The molecule has 1 atom stereocenters. The second-order valence-corrected chi connectivity index (χ2v) is 10.5. The van der Waals surface area contributed by atoms with Gasteiger partial charge in [0.1, 0.15) is 0 Å². The summed E-state index contributed by atoms with van der Waals surface area (Å²) in [6.45, 7) is 1.37. The molecule has 7 heteroatoms. The zero-order chi connectivity index (χ0) is 23.3. The number of rotatable bonds is 4. The fourth-order valence-electron chi connectivity index (χ4n) is 6.17. The number of hydrogen-bond acceptors (Lipinski definition) is 4. The van der Waals surface area contributed by atoms with Crippen LogP contribution in [-0.4, -0.2) is 26.6 Å². The summed E-state index contributed by atoms with van der Waals surface area (Å²) in [4.78, 5) is 13.1. The van der Waals surface area contributed by atoms with Gasteiger partial charge in [-0.15, -0.1) is 5.10 Å². The topological polar surface area (TPSA) is 55.4 Å². The van der Waals surface area contributed by atoms with Crippen LogP contribution in [0.5, 0.6) is 0 Å². The molecule has 0 N–H and O–H groups in total. The molecule has 0 bridgehead atoms. The Hall–Kier alpha value is -2.86. The van der Waals surface area contributed by atoms with E-state index in [9.17, 15) is 4.79 Å². The van der Waals surface area contributed by atoms with Gasteiger partial charge >= 0.3 is 5.69 Å². The quantitative estimate of drug-likeness (QED) is 0.538. The summed E-state index contributed by atoms with van der Waals surface area (Å²) >= 11 is 6.19. The Balaban J connectivity index is 1.41. The predicted octanol–water partition coefficient (Wildman–Crippen LogP) is 4.92. The molecule has 0 amide bonds. The van der Waals surface area contributed by atoms with Gasteiger partial charge in [0, 0.05) is 18.6 Å². The highest BCUT2D eigenvalue weighted by Gasteiger charge is 2.49. The largest absolute Gasteiger partial charge is 0.347 e. The van der Waals surface area contributed by atoms with Gasteiger partial charge in [-0.2, -0.15) is 5.10 Å². The number of aromatic nitrogens is 3. The molecule has 3 aromatic rings. The summed E-state index contributed by atoms with van der Waals surface area (Å²) in [5, 5.41) is 12.6. The van der Waals surface area contributed by atoms with Crippen molar-refractivity contribution in [2.45, 2.75) is 56.9 Å². The average molecular weight is 476 g/mol. The molecule has 3 aliphatic rings. The van der Waals surface area contributed by atoms with E-state index in [1.54, 1.807) is 9.25 Å². The average Bonchev–Trinajstić information content (AvgIpc) is 3.51. The molecule has 1 aliphatic heterocycles. The van der Waals surface area contributed by atoms with Crippen molar-refractivity contribution in [3.8, 4) is 0 Å². The summed E-state index contributed by atoms with van der Waals surface area (Å²) in [5.74, 6) is 1.16. The van der Waals surface area contributed by atoms with Gasteiger partial charge in [-0.1, -0.05) is 67.3 Å². The fraction of sp³-hybridized carbons (Fsp3) is 0.444. The Morgan fingerprint density at radius 3 is 2.62 bits per heavy atom. The third-order valence-corrected chi connectivity index (χ3v) is 8.22. The summed E-state index contributed by atoms with van der Waals surface area (Å²) in [7, 11) is 1.81. The van der Waals surface area contributed by atoms with E-state index in [4.69, 9.17) is 21.8 Å². The van der Waals surface area contributed by atoms with E-state index in [1.165, 1.54) is 43.2 Å². The molecule has 1 saturated carbocycles. The second kappa shape index (κ2) is 8.42. The van der Waals surface area contributed by atoms with Crippen molar-refractivity contribution in [3.63, 3.8) is 0 Å². The number of nitrogens with zero attached hydrogens (tertiary/aromatic N) is 5. The number of hydrazone groups is 1. The van der Waals surface area contributed by atoms with E-state index < -0.39 is 0 Å². The smallest absolute Gasteiger partial charge is 0.263 e. The number of benzene rings is 2.